The number of aryl methyl sites for hydroxylation is 1. The zero-order chi connectivity index (χ0) is 11.3. The van der Waals surface area contributed by atoms with Gasteiger partial charge >= 0.3 is 0 Å². The third-order valence-electron chi connectivity index (χ3n) is 1.98. The molecule has 1 aromatic heterocycles. The van der Waals surface area contributed by atoms with Crippen LogP contribution in [0.3, 0.4) is 0 Å². The average Bonchev–Trinajstić information content (AvgIpc) is 2.50. The maximum atomic E-state index is 12.2. The molecule has 4 nitrogen and oxygen atoms in total. The van der Waals surface area contributed by atoms with Gasteiger partial charge in [-0.05, 0) is 0 Å². The van der Waals surface area contributed by atoms with Crippen LogP contribution in [0, 0.1) is 0 Å². The lowest BCUT2D eigenvalue weighted by Gasteiger charge is -2.19. The summed E-state index contributed by atoms with van der Waals surface area (Å²) in [5.74, 6) is 0. The zero-order valence-electron chi connectivity index (χ0n) is 8.61. The maximum Gasteiger partial charge on any atom is 0.251 e. The molecule has 0 aliphatic carbocycles. The van der Waals surface area contributed by atoms with Gasteiger partial charge in [0, 0.05) is 31.9 Å². The summed E-state index contributed by atoms with van der Waals surface area (Å²) in [5, 5.41) is 12.7. The summed E-state index contributed by atoms with van der Waals surface area (Å²) >= 11 is 0. The van der Waals surface area contributed by atoms with Gasteiger partial charge in [-0.1, -0.05) is 0 Å². The van der Waals surface area contributed by atoms with Gasteiger partial charge in [-0.3, -0.25) is 9.58 Å². The van der Waals surface area contributed by atoms with Crippen LogP contribution in [0.5, 0.6) is 0 Å². The van der Waals surface area contributed by atoms with E-state index < -0.39 is 6.43 Å². The molecule has 0 saturated carbocycles. The highest BCUT2D eigenvalue weighted by Crippen LogP contribution is 2.05. The molecule has 0 spiro atoms. The van der Waals surface area contributed by atoms with E-state index in [9.17, 15) is 8.78 Å². The van der Waals surface area contributed by atoms with Crippen LogP contribution in [-0.2, 0) is 13.6 Å². The predicted octanol–water partition coefficient (Wildman–Crippen LogP) is 0.479. The fourth-order valence-corrected chi connectivity index (χ4v) is 1.38. The van der Waals surface area contributed by atoms with Crippen LogP contribution in [0.15, 0.2) is 12.4 Å². The van der Waals surface area contributed by atoms with Crippen LogP contribution in [0.25, 0.3) is 0 Å². The molecule has 1 aromatic rings. The molecule has 1 rings (SSSR count). The van der Waals surface area contributed by atoms with Crippen molar-refractivity contribution in [2.75, 3.05) is 19.7 Å². The highest BCUT2D eigenvalue weighted by atomic mass is 19.3. The summed E-state index contributed by atoms with van der Waals surface area (Å²) < 4.78 is 26.0. The Morgan fingerprint density at radius 1 is 1.60 bits per heavy atom. The average molecular weight is 219 g/mol. The molecule has 0 unspecified atom stereocenters. The number of hydrogen-bond acceptors (Lipinski definition) is 3. The summed E-state index contributed by atoms with van der Waals surface area (Å²) in [7, 11) is 1.77. The summed E-state index contributed by atoms with van der Waals surface area (Å²) in [6.45, 7) is 0.195. The Morgan fingerprint density at radius 2 is 2.33 bits per heavy atom. The molecule has 0 atom stereocenters. The third-order valence-corrected chi connectivity index (χ3v) is 1.98. The first kappa shape index (κ1) is 12.1. The molecule has 15 heavy (non-hydrogen) atoms. The maximum absolute atomic E-state index is 12.2. The van der Waals surface area contributed by atoms with E-state index in [2.05, 4.69) is 5.10 Å². The van der Waals surface area contributed by atoms with Crippen LogP contribution in [0.2, 0.25) is 0 Å². The smallest absolute Gasteiger partial charge is 0.251 e. The first-order valence-corrected chi connectivity index (χ1v) is 4.70. The quantitative estimate of drug-likeness (QED) is 0.756. The van der Waals surface area contributed by atoms with Crippen molar-refractivity contribution >= 4 is 0 Å². The Kier molecular flexibility index (Phi) is 4.64. The topological polar surface area (TPSA) is 41.3 Å². The number of halogens is 2. The molecule has 0 bridgehead atoms. The molecule has 6 heteroatoms. The lowest BCUT2D eigenvalue weighted by molar-refractivity contribution is 0.0746. The highest BCUT2D eigenvalue weighted by molar-refractivity contribution is 5.03. The molecular weight excluding hydrogens is 204 g/mol. The first-order chi connectivity index (χ1) is 7.11. The van der Waals surface area contributed by atoms with Gasteiger partial charge in [-0.25, -0.2) is 8.78 Å². The van der Waals surface area contributed by atoms with Gasteiger partial charge in [0.1, 0.15) is 0 Å². The Balaban J connectivity index is 2.50. The Labute approximate surface area is 87.1 Å². The molecule has 0 aliphatic rings. The molecule has 0 saturated heterocycles. The van der Waals surface area contributed by atoms with Gasteiger partial charge in [0.2, 0.25) is 0 Å². The monoisotopic (exact) mass is 219 g/mol. The molecule has 0 aliphatic heterocycles. The van der Waals surface area contributed by atoms with E-state index in [0.29, 0.717) is 6.54 Å². The summed E-state index contributed by atoms with van der Waals surface area (Å²) in [6.07, 6.45) is 1.03. The van der Waals surface area contributed by atoms with Crippen molar-refractivity contribution in [3.63, 3.8) is 0 Å². The fourth-order valence-electron chi connectivity index (χ4n) is 1.38. The number of nitrogens with zero attached hydrogens (tertiary/aromatic N) is 3. The number of aliphatic hydroxyl groups is 1. The summed E-state index contributed by atoms with van der Waals surface area (Å²) in [6, 6.07) is 0. The van der Waals surface area contributed by atoms with E-state index in [0.717, 1.165) is 5.56 Å². The number of rotatable bonds is 6. The largest absolute Gasteiger partial charge is 0.395 e. The molecular formula is C9H15F2N3O. The van der Waals surface area contributed by atoms with E-state index in [-0.39, 0.29) is 19.7 Å². The van der Waals surface area contributed by atoms with Crippen LogP contribution in [-0.4, -0.2) is 45.9 Å². The van der Waals surface area contributed by atoms with Crippen molar-refractivity contribution in [2.45, 2.75) is 13.0 Å². The molecule has 0 radical (unpaired) electrons. The molecule has 0 fully saturated rings. The number of alkyl halides is 2. The summed E-state index contributed by atoms with van der Waals surface area (Å²) in [5.41, 5.74) is 0.867. The van der Waals surface area contributed by atoms with E-state index in [1.165, 1.54) is 4.90 Å². The first-order valence-electron chi connectivity index (χ1n) is 4.70. The second-order valence-electron chi connectivity index (χ2n) is 3.37. The zero-order valence-corrected chi connectivity index (χ0v) is 8.61. The van der Waals surface area contributed by atoms with Gasteiger partial charge in [0.15, 0.2) is 0 Å². The molecule has 86 valence electrons. The number of aromatic nitrogens is 2. The molecule has 0 amide bonds. The number of hydrogen-bond donors (Lipinski definition) is 1. The number of aliphatic hydroxyl groups excluding tert-OH is 1. The molecule has 0 aromatic carbocycles. The van der Waals surface area contributed by atoms with Crippen molar-refractivity contribution in [2.24, 2.45) is 7.05 Å². The van der Waals surface area contributed by atoms with Gasteiger partial charge in [0.25, 0.3) is 6.43 Å². The Morgan fingerprint density at radius 3 is 2.80 bits per heavy atom. The minimum Gasteiger partial charge on any atom is -0.395 e. The summed E-state index contributed by atoms with van der Waals surface area (Å²) in [4.78, 5) is 1.50. The van der Waals surface area contributed by atoms with E-state index in [1.807, 2.05) is 0 Å². The van der Waals surface area contributed by atoms with Crippen LogP contribution >= 0.6 is 0 Å². The van der Waals surface area contributed by atoms with E-state index in [4.69, 9.17) is 5.11 Å². The second kappa shape index (κ2) is 5.77. The minimum atomic E-state index is -2.38. The Bertz CT molecular complexity index is 291. The van der Waals surface area contributed by atoms with Crippen molar-refractivity contribution in [1.82, 2.24) is 14.7 Å². The minimum absolute atomic E-state index is 0.118. The predicted molar refractivity (Wildman–Crippen MR) is 51.6 cm³/mol. The van der Waals surface area contributed by atoms with Crippen LogP contribution in [0.4, 0.5) is 8.78 Å². The van der Waals surface area contributed by atoms with Crippen molar-refractivity contribution < 1.29 is 13.9 Å². The van der Waals surface area contributed by atoms with E-state index in [1.54, 1.807) is 24.1 Å². The van der Waals surface area contributed by atoms with Crippen LogP contribution < -0.4 is 0 Å². The Hall–Kier alpha value is -1.01. The van der Waals surface area contributed by atoms with Crippen LogP contribution in [0.1, 0.15) is 5.56 Å². The SMILES string of the molecule is Cn1cc(CN(CCO)CC(F)F)cn1. The lowest BCUT2D eigenvalue weighted by Crippen LogP contribution is -2.31. The highest BCUT2D eigenvalue weighted by Gasteiger charge is 2.12. The fraction of sp³-hybridized carbons (Fsp3) is 0.667. The van der Waals surface area contributed by atoms with Gasteiger partial charge in [-0.2, -0.15) is 5.10 Å². The third kappa shape index (κ3) is 4.35. The second-order valence-corrected chi connectivity index (χ2v) is 3.37. The van der Waals surface area contributed by atoms with Crippen molar-refractivity contribution in [3.8, 4) is 0 Å². The normalized spacial score (nSPS) is 11.6. The van der Waals surface area contributed by atoms with Crippen molar-refractivity contribution in [3.05, 3.63) is 18.0 Å². The van der Waals surface area contributed by atoms with Gasteiger partial charge in [0.05, 0.1) is 19.3 Å². The van der Waals surface area contributed by atoms with E-state index >= 15 is 0 Å². The van der Waals surface area contributed by atoms with Crippen molar-refractivity contribution in [1.29, 1.82) is 0 Å². The van der Waals surface area contributed by atoms with Gasteiger partial charge in [-0.15, -0.1) is 0 Å². The lowest BCUT2D eigenvalue weighted by atomic mass is 10.3. The van der Waals surface area contributed by atoms with Gasteiger partial charge < -0.3 is 5.11 Å². The standard InChI is InChI=1S/C9H15F2N3O/c1-13-5-8(4-12-13)6-14(2-3-15)7-9(10)11/h4-5,9,15H,2-3,6-7H2,1H3. The molecule has 1 N–H and O–H groups in total. The molecule has 1 heterocycles.